The molecule has 2 heterocycles. The van der Waals surface area contributed by atoms with Crippen molar-refractivity contribution < 1.29 is 23.8 Å². The average Bonchev–Trinajstić information content (AvgIpc) is 2.75. The number of amides is 1. The molecule has 2 aliphatic heterocycles. The summed E-state index contributed by atoms with van der Waals surface area (Å²) in [5, 5.41) is 3.06. The lowest BCUT2D eigenvalue weighted by Gasteiger charge is -2.30. The summed E-state index contributed by atoms with van der Waals surface area (Å²) in [5.74, 6) is 1.22. The van der Waals surface area contributed by atoms with Gasteiger partial charge in [0.25, 0.3) is 0 Å². The standard InChI is InChI=1S/C22H26N2O5/c1-23-17-11-15-7-10-19(27-3)20(13-15)29-16-8-5-14(6-9-16)12-18(22(26)28-4)24(2)21(17)25/h5-10,13,17-18,23H,11-12H2,1-4H3/t17-,18+/m1/s1. The van der Waals surface area contributed by atoms with Crippen LogP contribution in [-0.2, 0) is 27.2 Å². The van der Waals surface area contributed by atoms with E-state index in [4.69, 9.17) is 14.2 Å². The molecule has 29 heavy (non-hydrogen) atoms. The van der Waals surface area contributed by atoms with E-state index in [1.807, 2.05) is 42.5 Å². The van der Waals surface area contributed by atoms with E-state index >= 15 is 0 Å². The largest absolute Gasteiger partial charge is 0.493 e. The van der Waals surface area contributed by atoms with E-state index in [1.165, 1.54) is 12.0 Å². The Labute approximate surface area is 170 Å². The van der Waals surface area contributed by atoms with Crippen LogP contribution in [0.4, 0.5) is 0 Å². The summed E-state index contributed by atoms with van der Waals surface area (Å²) < 4.78 is 16.4. The Morgan fingerprint density at radius 1 is 1.10 bits per heavy atom. The van der Waals surface area contributed by atoms with Crippen molar-refractivity contribution in [2.45, 2.75) is 24.9 Å². The van der Waals surface area contributed by atoms with Gasteiger partial charge in [0.1, 0.15) is 11.8 Å². The number of ether oxygens (including phenoxy) is 3. The zero-order valence-electron chi connectivity index (χ0n) is 17.1. The second-order valence-corrected chi connectivity index (χ2v) is 6.97. The first-order chi connectivity index (χ1) is 14.0. The van der Waals surface area contributed by atoms with E-state index in [-0.39, 0.29) is 5.91 Å². The molecule has 0 unspecified atom stereocenters. The minimum absolute atomic E-state index is 0.185. The van der Waals surface area contributed by atoms with Gasteiger partial charge in [-0.2, -0.15) is 0 Å². The van der Waals surface area contributed by atoms with Crippen LogP contribution in [0, 0.1) is 0 Å². The SMILES string of the molecule is CN[C@@H]1Cc2ccc(OC)c(c2)Oc2ccc(cc2)C[C@@H](C(=O)OC)N(C)C1=O. The van der Waals surface area contributed by atoms with Crippen LogP contribution >= 0.6 is 0 Å². The van der Waals surface area contributed by atoms with E-state index in [1.54, 1.807) is 21.2 Å². The quantitative estimate of drug-likeness (QED) is 0.799. The van der Waals surface area contributed by atoms with Crippen molar-refractivity contribution in [2.24, 2.45) is 0 Å². The topological polar surface area (TPSA) is 77.1 Å². The molecule has 0 fully saturated rings. The van der Waals surface area contributed by atoms with Gasteiger partial charge in [-0.15, -0.1) is 0 Å². The van der Waals surface area contributed by atoms with Crippen LogP contribution in [-0.4, -0.2) is 57.2 Å². The lowest BCUT2D eigenvalue weighted by molar-refractivity contribution is -0.152. The summed E-state index contributed by atoms with van der Waals surface area (Å²) >= 11 is 0. The van der Waals surface area contributed by atoms with Gasteiger partial charge >= 0.3 is 5.97 Å². The van der Waals surface area contributed by atoms with Crippen molar-refractivity contribution in [1.82, 2.24) is 10.2 Å². The van der Waals surface area contributed by atoms with Gasteiger partial charge in [-0.3, -0.25) is 4.79 Å². The Balaban J connectivity index is 2.07. The summed E-state index contributed by atoms with van der Waals surface area (Å²) in [6.45, 7) is 0. The number of nitrogens with one attached hydrogen (secondary N) is 1. The van der Waals surface area contributed by atoms with Crippen molar-refractivity contribution in [2.75, 3.05) is 28.3 Å². The molecule has 2 aliphatic rings. The van der Waals surface area contributed by atoms with Gasteiger partial charge in [-0.05, 0) is 48.9 Å². The normalized spacial score (nSPS) is 19.3. The Morgan fingerprint density at radius 3 is 2.41 bits per heavy atom. The Morgan fingerprint density at radius 2 is 1.79 bits per heavy atom. The third-order valence-electron chi connectivity index (χ3n) is 5.18. The highest BCUT2D eigenvalue weighted by Crippen LogP contribution is 2.33. The number of methoxy groups -OCH3 is 2. The lowest BCUT2D eigenvalue weighted by atomic mass is 10.0. The van der Waals surface area contributed by atoms with E-state index < -0.39 is 18.1 Å². The van der Waals surface area contributed by atoms with E-state index in [0.29, 0.717) is 30.1 Å². The summed E-state index contributed by atoms with van der Waals surface area (Å²) in [6, 6.07) is 11.8. The van der Waals surface area contributed by atoms with E-state index in [0.717, 1.165) is 11.1 Å². The molecule has 4 bridgehead atoms. The van der Waals surface area contributed by atoms with Crippen LogP contribution in [0.5, 0.6) is 17.2 Å². The fraction of sp³-hybridized carbons (Fsp3) is 0.364. The molecule has 0 saturated carbocycles. The molecule has 0 aliphatic carbocycles. The number of hydrogen-bond donors (Lipinski definition) is 1. The van der Waals surface area contributed by atoms with E-state index in [9.17, 15) is 9.59 Å². The Bertz CT molecular complexity index is 881. The molecule has 0 spiro atoms. The zero-order chi connectivity index (χ0) is 21.0. The maximum atomic E-state index is 13.2. The third kappa shape index (κ3) is 4.51. The number of fused-ring (bicyclic) bond motifs is 7. The maximum Gasteiger partial charge on any atom is 0.328 e. The van der Waals surface area contributed by atoms with E-state index in [2.05, 4.69) is 5.32 Å². The molecule has 2 aromatic rings. The zero-order valence-corrected chi connectivity index (χ0v) is 17.1. The number of benzene rings is 2. The number of hydrogen-bond acceptors (Lipinski definition) is 6. The van der Waals surface area contributed by atoms with Crippen LogP contribution < -0.4 is 14.8 Å². The minimum atomic E-state index is -0.718. The van der Waals surface area contributed by atoms with Crippen LogP contribution in [0.25, 0.3) is 0 Å². The number of carbonyl (C=O) groups excluding carboxylic acids is 2. The molecule has 1 amide bonds. The minimum Gasteiger partial charge on any atom is -0.493 e. The molecule has 7 nitrogen and oxygen atoms in total. The fourth-order valence-corrected chi connectivity index (χ4v) is 3.43. The van der Waals surface area contributed by atoms with Crippen LogP contribution in [0.15, 0.2) is 42.5 Å². The maximum absolute atomic E-state index is 13.2. The molecule has 0 aromatic heterocycles. The van der Waals surface area contributed by atoms with Gasteiger partial charge in [0.2, 0.25) is 5.91 Å². The Hall–Kier alpha value is -3.06. The van der Waals surface area contributed by atoms with Crippen molar-refractivity contribution in [1.29, 1.82) is 0 Å². The molecular formula is C22H26N2O5. The second kappa shape index (κ2) is 8.96. The first-order valence-electron chi connectivity index (χ1n) is 9.42. The van der Waals surface area contributed by atoms with Crippen molar-refractivity contribution in [3.05, 3.63) is 53.6 Å². The number of likely N-dealkylation sites (N-methyl/N-ethyl adjacent to an activating group) is 2. The van der Waals surface area contributed by atoms with Gasteiger partial charge in [0.15, 0.2) is 11.5 Å². The first-order valence-corrected chi connectivity index (χ1v) is 9.42. The Kier molecular flexibility index (Phi) is 6.39. The van der Waals surface area contributed by atoms with Crippen molar-refractivity contribution in [3.8, 4) is 17.2 Å². The molecule has 4 rings (SSSR count). The molecular weight excluding hydrogens is 372 g/mol. The molecule has 7 heteroatoms. The highest BCUT2D eigenvalue weighted by atomic mass is 16.5. The highest BCUT2D eigenvalue weighted by Gasteiger charge is 2.32. The van der Waals surface area contributed by atoms with Gasteiger partial charge < -0.3 is 24.4 Å². The molecule has 154 valence electrons. The summed E-state index contributed by atoms with van der Waals surface area (Å²) in [6.07, 6.45) is 0.783. The van der Waals surface area contributed by atoms with Gasteiger partial charge in [0.05, 0.1) is 20.3 Å². The molecule has 0 radical (unpaired) electrons. The van der Waals surface area contributed by atoms with Gasteiger partial charge in [0, 0.05) is 13.5 Å². The number of carbonyl (C=O) groups is 2. The third-order valence-corrected chi connectivity index (χ3v) is 5.18. The predicted molar refractivity (Wildman–Crippen MR) is 108 cm³/mol. The van der Waals surface area contributed by atoms with Crippen LogP contribution in [0.3, 0.4) is 0 Å². The van der Waals surface area contributed by atoms with Crippen molar-refractivity contribution >= 4 is 11.9 Å². The highest BCUT2D eigenvalue weighted by molar-refractivity contribution is 5.87. The monoisotopic (exact) mass is 398 g/mol. The van der Waals surface area contributed by atoms with Crippen molar-refractivity contribution in [3.63, 3.8) is 0 Å². The summed E-state index contributed by atoms with van der Waals surface area (Å²) in [7, 11) is 6.28. The average molecular weight is 398 g/mol. The second-order valence-electron chi connectivity index (χ2n) is 6.97. The van der Waals surface area contributed by atoms with Crippen LogP contribution in [0.1, 0.15) is 11.1 Å². The molecule has 0 saturated heterocycles. The smallest absolute Gasteiger partial charge is 0.328 e. The number of nitrogens with zero attached hydrogens (tertiary/aromatic N) is 1. The fourth-order valence-electron chi connectivity index (χ4n) is 3.43. The first kappa shape index (κ1) is 20.7. The summed E-state index contributed by atoms with van der Waals surface area (Å²) in [5.41, 5.74) is 1.80. The van der Waals surface area contributed by atoms with Crippen LogP contribution in [0.2, 0.25) is 0 Å². The lowest BCUT2D eigenvalue weighted by Crippen LogP contribution is -2.52. The molecule has 2 atom stereocenters. The molecule has 2 aromatic carbocycles. The predicted octanol–water partition coefficient (Wildman–Crippen LogP) is 2.17. The van der Waals surface area contributed by atoms with Gasteiger partial charge in [-0.1, -0.05) is 18.2 Å². The van der Waals surface area contributed by atoms with Gasteiger partial charge in [-0.25, -0.2) is 4.79 Å². The summed E-state index contributed by atoms with van der Waals surface area (Å²) in [4.78, 5) is 27.0. The number of rotatable bonds is 3. The number of esters is 1. The molecule has 1 N–H and O–H groups in total.